The van der Waals surface area contributed by atoms with Crippen molar-refractivity contribution in [1.29, 1.82) is 0 Å². The van der Waals surface area contributed by atoms with Gasteiger partial charge in [-0.15, -0.1) is 0 Å². The van der Waals surface area contributed by atoms with Gasteiger partial charge >= 0.3 is 5.97 Å². The van der Waals surface area contributed by atoms with Gasteiger partial charge in [-0.05, 0) is 75.7 Å². The highest BCUT2D eigenvalue weighted by Crippen LogP contribution is 2.41. The van der Waals surface area contributed by atoms with Crippen molar-refractivity contribution < 1.29 is 19.7 Å². The molecule has 1 saturated heterocycles. The SMILES string of the molecule is COc1ccc2ncc(Cl)c([C@@H](O)CCC3(C(=O)O)CCN(CC4CCCC4)CC3)c2c1. The summed E-state index contributed by atoms with van der Waals surface area (Å²) in [5.41, 5.74) is 0.521. The van der Waals surface area contributed by atoms with Crippen molar-refractivity contribution in [3.05, 3.63) is 35.0 Å². The minimum absolute atomic E-state index is 0.338. The van der Waals surface area contributed by atoms with Gasteiger partial charge in [0, 0.05) is 23.7 Å². The van der Waals surface area contributed by atoms with Crippen molar-refractivity contribution in [2.45, 2.75) is 57.5 Å². The average molecular weight is 461 g/mol. The van der Waals surface area contributed by atoms with E-state index in [-0.39, 0.29) is 0 Å². The predicted octanol–water partition coefficient (Wildman–Crippen LogP) is 5.07. The number of carboxylic acids is 1. The number of aliphatic hydroxyl groups is 1. The smallest absolute Gasteiger partial charge is 0.309 e. The number of rotatable bonds is 8. The summed E-state index contributed by atoms with van der Waals surface area (Å²) in [4.78, 5) is 19.1. The van der Waals surface area contributed by atoms with Crippen LogP contribution < -0.4 is 4.74 Å². The highest BCUT2D eigenvalue weighted by Gasteiger charge is 2.42. The van der Waals surface area contributed by atoms with Crippen LogP contribution in [0.5, 0.6) is 5.75 Å². The number of hydrogen-bond donors (Lipinski definition) is 2. The molecule has 2 aliphatic rings. The zero-order valence-electron chi connectivity index (χ0n) is 18.7. The first kappa shape index (κ1) is 23.3. The summed E-state index contributed by atoms with van der Waals surface area (Å²) in [5.74, 6) is 0.678. The zero-order chi connectivity index (χ0) is 22.7. The second kappa shape index (κ2) is 9.94. The summed E-state index contributed by atoms with van der Waals surface area (Å²) in [6.07, 6.45) is 7.95. The Morgan fingerprint density at radius 1 is 1.31 bits per heavy atom. The topological polar surface area (TPSA) is 82.9 Å². The number of carboxylic acid groups (broad SMARTS) is 1. The van der Waals surface area contributed by atoms with Crippen LogP contribution in [0.1, 0.15) is 63.0 Å². The number of likely N-dealkylation sites (tertiary alicyclic amines) is 1. The summed E-state index contributed by atoms with van der Waals surface area (Å²) in [6.45, 7) is 2.73. The van der Waals surface area contributed by atoms with Gasteiger partial charge in [0.25, 0.3) is 0 Å². The Bertz CT molecular complexity index is 952. The Balaban J connectivity index is 1.45. The van der Waals surface area contributed by atoms with Gasteiger partial charge < -0.3 is 19.8 Å². The fraction of sp³-hybridized carbons (Fsp3) is 0.600. The third kappa shape index (κ3) is 4.87. The number of hydrogen-bond acceptors (Lipinski definition) is 5. The largest absolute Gasteiger partial charge is 0.497 e. The molecule has 1 aromatic carbocycles. The lowest BCUT2D eigenvalue weighted by Gasteiger charge is -2.40. The lowest BCUT2D eigenvalue weighted by molar-refractivity contribution is -0.153. The summed E-state index contributed by atoms with van der Waals surface area (Å²) in [6, 6.07) is 5.47. The fourth-order valence-electron chi connectivity index (χ4n) is 5.48. The highest BCUT2D eigenvalue weighted by atomic mass is 35.5. The number of aromatic nitrogens is 1. The molecule has 0 unspecified atom stereocenters. The molecule has 2 N–H and O–H groups in total. The molecule has 0 amide bonds. The Kier molecular flexibility index (Phi) is 7.23. The third-order valence-corrected chi connectivity index (χ3v) is 7.86. The van der Waals surface area contributed by atoms with Crippen LogP contribution in [0.25, 0.3) is 10.9 Å². The number of nitrogens with zero attached hydrogens (tertiary/aromatic N) is 2. The molecule has 0 spiro atoms. The molecule has 1 aliphatic carbocycles. The van der Waals surface area contributed by atoms with Crippen LogP contribution in [0.4, 0.5) is 0 Å². The summed E-state index contributed by atoms with van der Waals surface area (Å²) in [7, 11) is 1.59. The van der Waals surface area contributed by atoms with Crippen molar-refractivity contribution in [3.63, 3.8) is 0 Å². The molecule has 4 rings (SSSR count). The molecule has 0 bridgehead atoms. The Labute approximate surface area is 194 Å². The lowest BCUT2D eigenvalue weighted by atomic mass is 9.74. The van der Waals surface area contributed by atoms with E-state index < -0.39 is 17.5 Å². The van der Waals surface area contributed by atoms with E-state index >= 15 is 0 Å². The van der Waals surface area contributed by atoms with Gasteiger partial charge in [-0.2, -0.15) is 0 Å². The minimum Gasteiger partial charge on any atom is -0.497 e. The standard InChI is InChI=1S/C25H33ClN2O4/c1-32-18-6-7-21-19(14-18)23(20(26)15-27-21)22(29)8-9-25(24(30)31)10-12-28(13-11-25)16-17-4-2-3-5-17/h6-7,14-15,17,22,29H,2-5,8-13,16H2,1H3,(H,30,31)/t22-/m0/s1. The minimum atomic E-state index is -0.868. The molecule has 7 heteroatoms. The van der Waals surface area contributed by atoms with Crippen molar-refractivity contribution in [2.75, 3.05) is 26.7 Å². The van der Waals surface area contributed by atoms with E-state index in [2.05, 4.69) is 9.88 Å². The number of aliphatic hydroxyl groups excluding tert-OH is 1. The Hall–Kier alpha value is -1.89. The third-order valence-electron chi connectivity index (χ3n) is 7.56. The maximum absolute atomic E-state index is 12.3. The van der Waals surface area contributed by atoms with E-state index in [1.165, 1.54) is 25.7 Å². The van der Waals surface area contributed by atoms with Gasteiger partial charge in [0.05, 0.1) is 29.2 Å². The van der Waals surface area contributed by atoms with Gasteiger partial charge in [-0.25, -0.2) is 0 Å². The van der Waals surface area contributed by atoms with Crippen LogP contribution in [0.15, 0.2) is 24.4 Å². The number of carbonyl (C=O) groups is 1. The molecule has 32 heavy (non-hydrogen) atoms. The number of benzene rings is 1. The molecular weight excluding hydrogens is 428 g/mol. The second-order valence-electron chi connectivity index (χ2n) is 9.49. The van der Waals surface area contributed by atoms with Crippen molar-refractivity contribution in [2.24, 2.45) is 11.3 Å². The summed E-state index contributed by atoms with van der Waals surface area (Å²) < 4.78 is 5.32. The summed E-state index contributed by atoms with van der Waals surface area (Å²) in [5, 5.41) is 22.3. The van der Waals surface area contributed by atoms with E-state index in [1.54, 1.807) is 13.3 Å². The van der Waals surface area contributed by atoms with Gasteiger partial charge in [-0.3, -0.25) is 9.78 Å². The highest BCUT2D eigenvalue weighted by molar-refractivity contribution is 6.32. The number of piperidine rings is 1. The van der Waals surface area contributed by atoms with Crippen molar-refractivity contribution in [1.82, 2.24) is 9.88 Å². The Morgan fingerprint density at radius 3 is 2.69 bits per heavy atom. The molecule has 1 aliphatic heterocycles. The molecule has 2 heterocycles. The first-order valence-corrected chi connectivity index (χ1v) is 12.1. The maximum atomic E-state index is 12.3. The van der Waals surface area contributed by atoms with E-state index in [9.17, 15) is 15.0 Å². The molecule has 2 aromatic rings. The van der Waals surface area contributed by atoms with Crippen LogP contribution >= 0.6 is 11.6 Å². The van der Waals surface area contributed by atoms with Gasteiger partial charge in [0.15, 0.2) is 0 Å². The number of aliphatic carboxylic acids is 1. The maximum Gasteiger partial charge on any atom is 0.309 e. The fourth-order valence-corrected chi connectivity index (χ4v) is 5.76. The molecule has 6 nitrogen and oxygen atoms in total. The molecule has 0 radical (unpaired) electrons. The van der Waals surface area contributed by atoms with Crippen molar-refractivity contribution >= 4 is 28.5 Å². The van der Waals surface area contributed by atoms with Gasteiger partial charge in [0.2, 0.25) is 0 Å². The van der Waals surface area contributed by atoms with Crippen LogP contribution in [0.2, 0.25) is 5.02 Å². The first-order valence-electron chi connectivity index (χ1n) is 11.7. The zero-order valence-corrected chi connectivity index (χ0v) is 19.5. The monoisotopic (exact) mass is 460 g/mol. The molecule has 2 fully saturated rings. The molecule has 1 aromatic heterocycles. The van der Waals surface area contributed by atoms with Crippen LogP contribution in [0, 0.1) is 11.3 Å². The molecule has 1 saturated carbocycles. The number of pyridine rings is 1. The van der Waals surface area contributed by atoms with Crippen LogP contribution in [-0.4, -0.2) is 52.8 Å². The lowest BCUT2D eigenvalue weighted by Crippen LogP contribution is -2.45. The first-order chi connectivity index (χ1) is 15.4. The average Bonchev–Trinajstić information content (AvgIpc) is 3.31. The number of ether oxygens (including phenoxy) is 1. The van der Waals surface area contributed by atoms with Crippen molar-refractivity contribution in [3.8, 4) is 5.75 Å². The molecule has 174 valence electrons. The number of halogens is 1. The number of methoxy groups -OCH3 is 1. The van der Waals surface area contributed by atoms with E-state index in [0.717, 1.165) is 36.5 Å². The Morgan fingerprint density at radius 2 is 2.03 bits per heavy atom. The predicted molar refractivity (Wildman–Crippen MR) is 125 cm³/mol. The molecular formula is C25H33ClN2O4. The van der Waals surface area contributed by atoms with Gasteiger partial charge in [-0.1, -0.05) is 24.4 Å². The van der Waals surface area contributed by atoms with Crippen LogP contribution in [-0.2, 0) is 4.79 Å². The molecule has 1 atom stereocenters. The quantitative estimate of drug-likeness (QED) is 0.572. The van der Waals surface area contributed by atoms with E-state index in [1.807, 2.05) is 18.2 Å². The summed E-state index contributed by atoms with van der Waals surface area (Å²) >= 11 is 6.43. The normalized spacial score (nSPS) is 20.5. The van der Waals surface area contributed by atoms with Gasteiger partial charge in [0.1, 0.15) is 5.75 Å². The second-order valence-corrected chi connectivity index (χ2v) is 9.90. The van der Waals surface area contributed by atoms with E-state index in [4.69, 9.17) is 16.3 Å². The number of fused-ring (bicyclic) bond motifs is 1. The van der Waals surface area contributed by atoms with Crippen LogP contribution in [0.3, 0.4) is 0 Å². The van der Waals surface area contributed by atoms with E-state index in [0.29, 0.717) is 42.0 Å².